The summed E-state index contributed by atoms with van der Waals surface area (Å²) in [5.41, 5.74) is 0.741. The van der Waals surface area contributed by atoms with E-state index in [-0.39, 0.29) is 27.9 Å². The molecule has 0 aliphatic rings. The number of carbonyl (C=O) groups is 1. The quantitative estimate of drug-likeness (QED) is 0.365. The van der Waals surface area contributed by atoms with Crippen molar-refractivity contribution in [3.63, 3.8) is 0 Å². The van der Waals surface area contributed by atoms with Crippen LogP contribution in [0.5, 0.6) is 0 Å². The summed E-state index contributed by atoms with van der Waals surface area (Å²) < 4.78 is 33.3. The van der Waals surface area contributed by atoms with E-state index in [4.69, 9.17) is 11.6 Å². The van der Waals surface area contributed by atoms with Gasteiger partial charge in [0.25, 0.3) is 15.9 Å². The third-order valence-electron chi connectivity index (χ3n) is 4.66. The molecule has 0 saturated heterocycles. The molecule has 0 aliphatic carbocycles. The van der Waals surface area contributed by atoms with Gasteiger partial charge in [0.1, 0.15) is 0 Å². The molecule has 4 aromatic rings. The number of hydrogen-bond acceptors (Lipinski definition) is 7. The number of benzene rings is 2. The maximum absolute atomic E-state index is 13.1. The highest BCUT2D eigenvalue weighted by atomic mass is 35.5. The maximum atomic E-state index is 13.1. The van der Waals surface area contributed by atoms with Crippen molar-refractivity contribution >= 4 is 54.8 Å². The molecule has 2 aromatic heterocycles. The lowest BCUT2D eigenvalue weighted by Gasteiger charge is -2.18. The van der Waals surface area contributed by atoms with Crippen molar-refractivity contribution < 1.29 is 18.3 Å². The zero-order valence-corrected chi connectivity index (χ0v) is 18.8. The molecular weight excluding hydrogens is 472 g/mol. The SMILES string of the molecule is O=C(N[C@H](CO)c1ccccc1)c1ccc(Cl)cc1NS(=O)(=O)c1nccc2sncc12. The summed E-state index contributed by atoms with van der Waals surface area (Å²) >= 11 is 7.22. The smallest absolute Gasteiger partial charge is 0.280 e. The number of pyridine rings is 1. The van der Waals surface area contributed by atoms with Crippen molar-refractivity contribution in [1.82, 2.24) is 14.7 Å². The van der Waals surface area contributed by atoms with Gasteiger partial charge in [0.15, 0.2) is 5.03 Å². The van der Waals surface area contributed by atoms with E-state index in [0.29, 0.717) is 15.6 Å². The number of amides is 1. The van der Waals surface area contributed by atoms with Gasteiger partial charge in [0, 0.05) is 11.2 Å². The lowest BCUT2D eigenvalue weighted by molar-refractivity contribution is 0.0917. The molecule has 0 spiro atoms. The van der Waals surface area contributed by atoms with Crippen LogP contribution < -0.4 is 10.0 Å². The Kier molecular flexibility index (Phi) is 6.38. The molecule has 0 saturated carbocycles. The molecule has 4 rings (SSSR count). The first-order valence-electron chi connectivity index (χ1n) is 9.37. The predicted octanol–water partition coefficient (Wildman–Crippen LogP) is 3.61. The van der Waals surface area contributed by atoms with Crippen LogP contribution in [0.1, 0.15) is 22.0 Å². The number of nitrogens with zero attached hydrogens (tertiary/aromatic N) is 2. The molecule has 11 heteroatoms. The lowest BCUT2D eigenvalue weighted by Crippen LogP contribution is -2.31. The standard InChI is InChI=1S/C21H17ClN4O4S2/c22-14-6-7-15(20(28)25-18(12-27)13-4-2-1-3-5-13)17(10-14)26-32(29,30)21-16-11-24-31-19(16)8-9-23-21/h1-11,18,26-27H,12H2,(H,25,28)/t18-/m1/s1. The average Bonchev–Trinajstić information content (AvgIpc) is 3.26. The number of anilines is 1. The number of halogens is 1. The normalized spacial score (nSPS) is 12.4. The fourth-order valence-electron chi connectivity index (χ4n) is 3.13. The molecule has 8 nitrogen and oxygen atoms in total. The summed E-state index contributed by atoms with van der Waals surface area (Å²) in [6.07, 6.45) is 2.81. The minimum absolute atomic E-state index is 0.0123. The van der Waals surface area contributed by atoms with E-state index in [0.717, 1.165) is 11.5 Å². The average molecular weight is 489 g/mol. The van der Waals surface area contributed by atoms with Crippen LogP contribution >= 0.6 is 23.1 Å². The van der Waals surface area contributed by atoms with E-state index in [9.17, 15) is 18.3 Å². The van der Waals surface area contributed by atoms with E-state index >= 15 is 0 Å². The fraction of sp³-hybridized carbons (Fsp3) is 0.0952. The Labute approximate surface area is 193 Å². The number of aromatic nitrogens is 2. The second kappa shape index (κ2) is 9.21. The van der Waals surface area contributed by atoms with Gasteiger partial charge in [-0.3, -0.25) is 9.52 Å². The summed E-state index contributed by atoms with van der Waals surface area (Å²) in [6, 6.07) is 14.2. The number of sulfonamides is 1. The van der Waals surface area contributed by atoms with Gasteiger partial charge in [-0.2, -0.15) is 12.8 Å². The second-order valence-electron chi connectivity index (χ2n) is 6.77. The number of fused-ring (bicyclic) bond motifs is 1. The lowest BCUT2D eigenvalue weighted by atomic mass is 10.1. The molecule has 1 amide bonds. The number of aliphatic hydroxyl groups is 1. The van der Waals surface area contributed by atoms with Gasteiger partial charge in [0.2, 0.25) is 0 Å². The number of carbonyl (C=O) groups excluding carboxylic acids is 1. The third kappa shape index (κ3) is 4.58. The molecule has 0 radical (unpaired) electrons. The van der Waals surface area contributed by atoms with Crippen molar-refractivity contribution in [2.45, 2.75) is 11.1 Å². The first-order valence-corrected chi connectivity index (χ1v) is 12.0. The van der Waals surface area contributed by atoms with Crippen LogP contribution in [0.3, 0.4) is 0 Å². The Balaban J connectivity index is 1.66. The maximum Gasteiger partial charge on any atom is 0.280 e. The van der Waals surface area contributed by atoms with Gasteiger partial charge in [-0.15, -0.1) is 0 Å². The van der Waals surface area contributed by atoms with Crippen LogP contribution in [0.2, 0.25) is 5.02 Å². The highest BCUT2D eigenvalue weighted by Gasteiger charge is 2.24. The van der Waals surface area contributed by atoms with Crippen molar-refractivity contribution in [1.29, 1.82) is 0 Å². The van der Waals surface area contributed by atoms with Crippen LogP contribution in [-0.2, 0) is 10.0 Å². The Morgan fingerprint density at radius 3 is 2.69 bits per heavy atom. The van der Waals surface area contributed by atoms with Gasteiger partial charge >= 0.3 is 0 Å². The molecule has 32 heavy (non-hydrogen) atoms. The predicted molar refractivity (Wildman–Crippen MR) is 123 cm³/mol. The fourth-order valence-corrected chi connectivity index (χ4v) is 5.22. The zero-order chi connectivity index (χ0) is 22.7. The topological polar surface area (TPSA) is 121 Å². The Morgan fingerprint density at radius 2 is 1.94 bits per heavy atom. The first-order chi connectivity index (χ1) is 15.4. The van der Waals surface area contributed by atoms with Gasteiger partial charge in [-0.1, -0.05) is 41.9 Å². The van der Waals surface area contributed by atoms with Crippen molar-refractivity contribution in [2.24, 2.45) is 0 Å². The molecular formula is C21H17ClN4O4S2. The van der Waals surface area contributed by atoms with E-state index in [2.05, 4.69) is 19.4 Å². The summed E-state index contributed by atoms with van der Waals surface area (Å²) in [6.45, 7) is -0.332. The molecule has 0 aliphatic heterocycles. The number of hydrogen-bond donors (Lipinski definition) is 3. The van der Waals surface area contributed by atoms with Gasteiger partial charge in [-0.05, 0) is 41.4 Å². The number of nitrogens with one attached hydrogen (secondary N) is 2. The van der Waals surface area contributed by atoms with Crippen molar-refractivity contribution in [2.75, 3.05) is 11.3 Å². The molecule has 0 bridgehead atoms. The first kappa shape index (κ1) is 22.2. The largest absolute Gasteiger partial charge is 0.394 e. The summed E-state index contributed by atoms with van der Waals surface area (Å²) in [4.78, 5) is 17.0. The van der Waals surface area contributed by atoms with Gasteiger partial charge < -0.3 is 10.4 Å². The zero-order valence-electron chi connectivity index (χ0n) is 16.4. The van der Waals surface area contributed by atoms with Crippen LogP contribution in [0, 0.1) is 0 Å². The molecule has 164 valence electrons. The van der Waals surface area contributed by atoms with Crippen molar-refractivity contribution in [3.05, 3.63) is 83.1 Å². The molecule has 0 unspecified atom stereocenters. The summed E-state index contributed by atoms with van der Waals surface area (Å²) in [5.74, 6) is -0.578. The van der Waals surface area contributed by atoms with Crippen molar-refractivity contribution in [3.8, 4) is 0 Å². The van der Waals surface area contributed by atoms with E-state index in [1.165, 1.54) is 30.6 Å². The van der Waals surface area contributed by atoms with E-state index in [1.807, 2.05) is 6.07 Å². The van der Waals surface area contributed by atoms with E-state index in [1.54, 1.807) is 30.3 Å². The monoisotopic (exact) mass is 488 g/mol. The summed E-state index contributed by atoms with van der Waals surface area (Å²) in [7, 11) is -4.15. The van der Waals surface area contributed by atoms with Crippen LogP contribution in [-0.4, -0.2) is 35.4 Å². The highest BCUT2D eigenvalue weighted by molar-refractivity contribution is 7.92. The van der Waals surface area contributed by atoms with Crippen LogP contribution in [0.25, 0.3) is 10.1 Å². The number of rotatable bonds is 7. The molecule has 2 heterocycles. The molecule has 3 N–H and O–H groups in total. The highest BCUT2D eigenvalue weighted by Crippen LogP contribution is 2.28. The van der Waals surface area contributed by atoms with Crippen LogP contribution in [0.15, 0.2) is 72.0 Å². The van der Waals surface area contributed by atoms with Crippen LogP contribution in [0.4, 0.5) is 5.69 Å². The minimum Gasteiger partial charge on any atom is -0.394 e. The molecule has 0 fully saturated rings. The molecule has 1 atom stereocenters. The number of aliphatic hydroxyl groups excluding tert-OH is 1. The molecule has 2 aromatic carbocycles. The Morgan fingerprint density at radius 1 is 1.16 bits per heavy atom. The Bertz CT molecular complexity index is 1380. The van der Waals surface area contributed by atoms with E-state index < -0.39 is 22.0 Å². The Hall–Kier alpha value is -3.05. The third-order valence-corrected chi connectivity index (χ3v) is 6.98. The summed E-state index contributed by atoms with van der Waals surface area (Å²) in [5, 5.41) is 12.9. The van der Waals surface area contributed by atoms with Gasteiger partial charge in [-0.25, -0.2) is 4.98 Å². The minimum atomic E-state index is -4.15. The van der Waals surface area contributed by atoms with Gasteiger partial charge in [0.05, 0.1) is 40.2 Å². The second-order valence-corrected chi connectivity index (χ2v) is 9.64.